The first kappa shape index (κ1) is 15.5. The predicted molar refractivity (Wildman–Crippen MR) is 76.6 cm³/mol. The lowest BCUT2D eigenvalue weighted by atomic mass is 10.1. The first-order valence-electron chi connectivity index (χ1n) is 6.42. The van der Waals surface area contributed by atoms with E-state index in [1.165, 1.54) is 7.11 Å². The van der Waals surface area contributed by atoms with Crippen molar-refractivity contribution in [1.29, 1.82) is 0 Å². The summed E-state index contributed by atoms with van der Waals surface area (Å²) < 4.78 is 10.00. The van der Waals surface area contributed by atoms with Crippen LogP contribution in [0.5, 0.6) is 0 Å². The number of rotatable bonds is 6. The van der Waals surface area contributed by atoms with E-state index in [0.717, 1.165) is 16.8 Å². The Labute approximate surface area is 115 Å². The summed E-state index contributed by atoms with van der Waals surface area (Å²) in [6, 6.07) is 5.78. The van der Waals surface area contributed by atoms with Crippen LogP contribution in [0.3, 0.4) is 0 Å². The minimum Gasteiger partial charge on any atom is -0.467 e. The van der Waals surface area contributed by atoms with Gasteiger partial charge in [-0.2, -0.15) is 0 Å². The van der Waals surface area contributed by atoms with Crippen LogP contribution in [-0.2, 0) is 14.3 Å². The number of nitrogens with zero attached hydrogens (tertiary/aromatic N) is 1. The van der Waals surface area contributed by atoms with Crippen LogP contribution in [0.2, 0.25) is 0 Å². The molecule has 1 aromatic rings. The van der Waals surface area contributed by atoms with Crippen LogP contribution in [0.4, 0.5) is 5.69 Å². The van der Waals surface area contributed by atoms with Gasteiger partial charge in [0.2, 0.25) is 0 Å². The van der Waals surface area contributed by atoms with E-state index in [1.807, 2.05) is 43.9 Å². The zero-order valence-corrected chi connectivity index (χ0v) is 12.4. The molecule has 0 fully saturated rings. The highest BCUT2D eigenvalue weighted by Gasteiger charge is 2.24. The number of hydrogen-bond donors (Lipinski definition) is 0. The molecule has 0 heterocycles. The number of methoxy groups -OCH3 is 2. The fourth-order valence-electron chi connectivity index (χ4n) is 2.25. The van der Waals surface area contributed by atoms with Gasteiger partial charge in [0.05, 0.1) is 13.7 Å². The van der Waals surface area contributed by atoms with Crippen LogP contribution < -0.4 is 4.90 Å². The molecule has 4 heteroatoms. The van der Waals surface area contributed by atoms with Gasteiger partial charge in [0, 0.05) is 19.3 Å². The second kappa shape index (κ2) is 7.14. The summed E-state index contributed by atoms with van der Waals surface area (Å²) in [4.78, 5) is 13.8. The second-order valence-corrected chi connectivity index (χ2v) is 4.63. The third-order valence-corrected chi connectivity index (χ3v) is 3.27. The van der Waals surface area contributed by atoms with Crippen LogP contribution in [0.15, 0.2) is 18.2 Å². The monoisotopic (exact) mass is 265 g/mol. The molecule has 0 spiro atoms. The van der Waals surface area contributed by atoms with Crippen LogP contribution in [0, 0.1) is 13.8 Å². The highest BCUT2D eigenvalue weighted by molar-refractivity contribution is 5.80. The fourth-order valence-corrected chi connectivity index (χ4v) is 2.25. The van der Waals surface area contributed by atoms with Gasteiger partial charge in [-0.05, 0) is 31.9 Å². The van der Waals surface area contributed by atoms with E-state index < -0.39 is 0 Å². The van der Waals surface area contributed by atoms with Gasteiger partial charge in [-0.15, -0.1) is 0 Å². The molecule has 0 saturated carbocycles. The number of benzene rings is 1. The summed E-state index contributed by atoms with van der Waals surface area (Å²) in [5.41, 5.74) is 3.37. The number of hydrogen-bond acceptors (Lipinski definition) is 4. The van der Waals surface area contributed by atoms with E-state index in [9.17, 15) is 4.79 Å². The van der Waals surface area contributed by atoms with E-state index in [4.69, 9.17) is 9.47 Å². The number of esters is 1. The van der Waals surface area contributed by atoms with Crippen LogP contribution in [0.25, 0.3) is 0 Å². The lowest BCUT2D eigenvalue weighted by Gasteiger charge is -2.32. The van der Waals surface area contributed by atoms with Crippen molar-refractivity contribution in [3.05, 3.63) is 29.3 Å². The first-order chi connectivity index (χ1) is 9.02. The summed E-state index contributed by atoms with van der Waals surface area (Å²) >= 11 is 0. The number of aryl methyl sites for hydroxylation is 2. The molecule has 0 aliphatic heterocycles. The van der Waals surface area contributed by atoms with Crippen molar-refractivity contribution in [3.63, 3.8) is 0 Å². The largest absolute Gasteiger partial charge is 0.467 e. The van der Waals surface area contributed by atoms with Gasteiger partial charge in [0.1, 0.15) is 6.04 Å². The normalized spacial score (nSPS) is 12.1. The van der Waals surface area contributed by atoms with E-state index in [0.29, 0.717) is 13.2 Å². The predicted octanol–water partition coefficient (Wildman–Crippen LogP) is 2.32. The topological polar surface area (TPSA) is 38.8 Å². The van der Waals surface area contributed by atoms with Crippen molar-refractivity contribution in [2.75, 3.05) is 32.3 Å². The molecule has 0 bridgehead atoms. The van der Waals surface area contributed by atoms with E-state index in [-0.39, 0.29) is 12.0 Å². The van der Waals surface area contributed by atoms with E-state index in [2.05, 4.69) is 0 Å². The number of carbonyl (C=O) groups excluding carboxylic acids is 1. The molecule has 0 radical (unpaired) electrons. The van der Waals surface area contributed by atoms with E-state index >= 15 is 0 Å². The van der Waals surface area contributed by atoms with E-state index in [1.54, 1.807) is 7.11 Å². The smallest absolute Gasteiger partial charge is 0.328 e. The van der Waals surface area contributed by atoms with Crippen molar-refractivity contribution in [2.45, 2.75) is 26.8 Å². The summed E-state index contributed by atoms with van der Waals surface area (Å²) in [6.07, 6.45) is 0. The number of ether oxygens (including phenoxy) is 2. The molecule has 0 N–H and O–H groups in total. The van der Waals surface area contributed by atoms with Gasteiger partial charge in [-0.3, -0.25) is 0 Å². The van der Waals surface area contributed by atoms with Crippen molar-refractivity contribution >= 4 is 11.7 Å². The molecule has 1 unspecified atom stereocenters. The van der Waals surface area contributed by atoms with Crippen LogP contribution in [-0.4, -0.2) is 39.4 Å². The van der Waals surface area contributed by atoms with Gasteiger partial charge in [-0.1, -0.05) is 18.2 Å². The summed E-state index contributed by atoms with van der Waals surface area (Å²) in [5.74, 6) is -0.237. The standard InChI is InChI=1S/C15H23NO3/c1-11-7-6-8-12(2)14(11)16(9-10-18-4)13(3)15(17)19-5/h6-8,13H,9-10H2,1-5H3. The molecular weight excluding hydrogens is 242 g/mol. The highest BCUT2D eigenvalue weighted by Crippen LogP contribution is 2.26. The zero-order chi connectivity index (χ0) is 14.4. The summed E-state index contributed by atoms with van der Waals surface area (Å²) in [5, 5.41) is 0. The van der Waals surface area contributed by atoms with Crippen molar-refractivity contribution < 1.29 is 14.3 Å². The first-order valence-corrected chi connectivity index (χ1v) is 6.42. The Morgan fingerprint density at radius 2 is 1.84 bits per heavy atom. The molecule has 0 aliphatic rings. The molecule has 4 nitrogen and oxygen atoms in total. The second-order valence-electron chi connectivity index (χ2n) is 4.63. The molecule has 1 atom stereocenters. The zero-order valence-electron chi connectivity index (χ0n) is 12.4. The van der Waals surface area contributed by atoms with Crippen molar-refractivity contribution in [3.8, 4) is 0 Å². The summed E-state index contributed by atoms with van der Waals surface area (Å²) in [6.45, 7) is 7.17. The Morgan fingerprint density at radius 1 is 1.26 bits per heavy atom. The maximum atomic E-state index is 11.8. The third kappa shape index (κ3) is 3.70. The molecule has 0 aromatic heterocycles. The highest BCUT2D eigenvalue weighted by atomic mass is 16.5. The third-order valence-electron chi connectivity index (χ3n) is 3.27. The SMILES string of the molecule is COCCN(c1c(C)cccc1C)C(C)C(=O)OC. The van der Waals surface area contributed by atoms with Gasteiger partial charge in [-0.25, -0.2) is 4.79 Å². The number of anilines is 1. The lowest BCUT2D eigenvalue weighted by molar-refractivity contribution is -0.141. The lowest BCUT2D eigenvalue weighted by Crippen LogP contribution is -2.42. The average molecular weight is 265 g/mol. The molecule has 1 aromatic carbocycles. The molecule has 1 rings (SSSR count). The summed E-state index contributed by atoms with van der Waals surface area (Å²) in [7, 11) is 3.07. The molecule has 0 aliphatic carbocycles. The Morgan fingerprint density at radius 3 is 2.32 bits per heavy atom. The molecular formula is C15H23NO3. The fraction of sp³-hybridized carbons (Fsp3) is 0.533. The van der Waals surface area contributed by atoms with Gasteiger partial charge >= 0.3 is 5.97 Å². The Bertz CT molecular complexity index is 411. The Kier molecular flexibility index (Phi) is 5.83. The molecule has 0 saturated heterocycles. The van der Waals surface area contributed by atoms with Crippen molar-refractivity contribution in [1.82, 2.24) is 0 Å². The minimum absolute atomic E-state index is 0.237. The Hall–Kier alpha value is -1.55. The van der Waals surface area contributed by atoms with Gasteiger partial charge < -0.3 is 14.4 Å². The molecule has 106 valence electrons. The van der Waals surface area contributed by atoms with Gasteiger partial charge in [0.25, 0.3) is 0 Å². The minimum atomic E-state index is -0.333. The molecule has 19 heavy (non-hydrogen) atoms. The van der Waals surface area contributed by atoms with Crippen LogP contribution in [0.1, 0.15) is 18.1 Å². The molecule has 0 amide bonds. The number of para-hydroxylation sites is 1. The quantitative estimate of drug-likeness (QED) is 0.740. The van der Waals surface area contributed by atoms with Crippen molar-refractivity contribution in [2.24, 2.45) is 0 Å². The Balaban J connectivity index is 3.12. The number of carbonyl (C=O) groups is 1. The maximum absolute atomic E-state index is 11.8. The average Bonchev–Trinajstić information content (AvgIpc) is 2.40. The van der Waals surface area contributed by atoms with Gasteiger partial charge in [0.15, 0.2) is 0 Å². The maximum Gasteiger partial charge on any atom is 0.328 e. The van der Waals surface area contributed by atoms with Crippen LogP contribution >= 0.6 is 0 Å².